The number of alkyl halides is 2. The Morgan fingerprint density at radius 3 is 2.47 bits per heavy atom. The summed E-state index contributed by atoms with van der Waals surface area (Å²) in [4.78, 5) is -0.440. The van der Waals surface area contributed by atoms with Crippen LogP contribution in [0.25, 0.3) is 10.8 Å². The van der Waals surface area contributed by atoms with Gasteiger partial charge in [-0.05, 0) is 28.3 Å². The molecule has 0 heterocycles. The fourth-order valence-electron chi connectivity index (χ4n) is 1.95. The van der Waals surface area contributed by atoms with E-state index in [1.54, 1.807) is 0 Å². The minimum absolute atomic E-state index is 0.440. The summed E-state index contributed by atoms with van der Waals surface area (Å²) in [6, 6.07) is 12.4. The van der Waals surface area contributed by atoms with Crippen LogP contribution in [0.4, 0.5) is 0 Å². The molecule has 0 amide bonds. The van der Waals surface area contributed by atoms with Crippen molar-refractivity contribution < 1.29 is 0 Å². The van der Waals surface area contributed by atoms with Crippen LogP contribution in [0, 0.1) is 0 Å². The summed E-state index contributed by atoms with van der Waals surface area (Å²) in [6.07, 6.45) is 0.951. The fourth-order valence-corrected chi connectivity index (χ4v) is 2.36. The highest BCUT2D eigenvalue weighted by molar-refractivity contribution is 6.44. The van der Waals surface area contributed by atoms with Crippen LogP contribution in [0.5, 0.6) is 0 Å². The molecule has 0 aliphatic carbocycles. The van der Waals surface area contributed by atoms with Crippen LogP contribution in [0.3, 0.4) is 0 Å². The van der Waals surface area contributed by atoms with E-state index in [1.807, 2.05) is 18.2 Å². The number of fused-ring (bicyclic) bond motifs is 1. The van der Waals surface area contributed by atoms with Crippen LogP contribution in [0.1, 0.15) is 22.9 Å². The Balaban J connectivity index is 2.75. The van der Waals surface area contributed by atoms with Crippen molar-refractivity contribution >= 4 is 34.0 Å². The molecule has 0 unspecified atom stereocenters. The van der Waals surface area contributed by atoms with Crippen molar-refractivity contribution in [2.24, 2.45) is 0 Å². The van der Waals surface area contributed by atoms with Gasteiger partial charge in [0.15, 0.2) is 0 Å². The van der Waals surface area contributed by atoms with Gasteiger partial charge in [0.25, 0.3) is 0 Å². The van der Waals surface area contributed by atoms with Gasteiger partial charge in [0.05, 0.1) is 0 Å². The lowest BCUT2D eigenvalue weighted by molar-refractivity contribution is 1.11. The standard InChI is InChI=1S/C13H12Cl2/c1-2-10-11-6-4-3-5-9(11)7-8-12(10)13(14)15/h3-8,13H,2H2,1H3. The first kappa shape index (κ1) is 10.8. The Kier molecular flexibility index (Phi) is 3.18. The van der Waals surface area contributed by atoms with Crippen molar-refractivity contribution in [3.8, 4) is 0 Å². The van der Waals surface area contributed by atoms with E-state index in [1.165, 1.54) is 16.3 Å². The number of hydrogen-bond donors (Lipinski definition) is 0. The van der Waals surface area contributed by atoms with Crippen LogP contribution in [-0.2, 0) is 6.42 Å². The first-order chi connectivity index (χ1) is 7.24. The molecule has 0 aliphatic heterocycles. The van der Waals surface area contributed by atoms with Gasteiger partial charge in [-0.2, -0.15) is 0 Å². The molecule has 2 aromatic carbocycles. The molecule has 0 spiro atoms. The second-order valence-corrected chi connectivity index (χ2v) is 4.60. The molecule has 0 fully saturated rings. The van der Waals surface area contributed by atoms with Gasteiger partial charge in [0.1, 0.15) is 4.84 Å². The zero-order valence-electron chi connectivity index (χ0n) is 8.50. The topological polar surface area (TPSA) is 0 Å². The fraction of sp³-hybridized carbons (Fsp3) is 0.231. The summed E-state index contributed by atoms with van der Waals surface area (Å²) in [5.74, 6) is 0. The minimum atomic E-state index is -0.440. The third-order valence-corrected chi connectivity index (χ3v) is 3.14. The van der Waals surface area contributed by atoms with Gasteiger partial charge in [-0.25, -0.2) is 0 Å². The molecule has 2 rings (SSSR count). The van der Waals surface area contributed by atoms with Crippen molar-refractivity contribution in [2.75, 3.05) is 0 Å². The number of halogens is 2. The third kappa shape index (κ3) is 1.97. The molecule has 0 radical (unpaired) electrons. The van der Waals surface area contributed by atoms with Gasteiger partial charge in [-0.15, -0.1) is 23.2 Å². The van der Waals surface area contributed by atoms with Gasteiger partial charge in [0, 0.05) is 0 Å². The molecule has 2 heteroatoms. The highest BCUT2D eigenvalue weighted by atomic mass is 35.5. The molecule has 15 heavy (non-hydrogen) atoms. The van der Waals surface area contributed by atoms with E-state index < -0.39 is 4.84 Å². The maximum Gasteiger partial charge on any atom is 0.133 e. The lowest BCUT2D eigenvalue weighted by Gasteiger charge is -2.11. The average molecular weight is 239 g/mol. The largest absolute Gasteiger partial charge is 0.133 e. The van der Waals surface area contributed by atoms with Gasteiger partial charge >= 0.3 is 0 Å². The Labute approximate surface area is 99.8 Å². The SMILES string of the molecule is CCc1c(C(Cl)Cl)ccc2ccccc12. The molecule has 0 saturated carbocycles. The van der Waals surface area contributed by atoms with E-state index in [0.717, 1.165) is 12.0 Å². The van der Waals surface area contributed by atoms with Crippen molar-refractivity contribution in [1.29, 1.82) is 0 Å². The minimum Gasteiger partial charge on any atom is -0.100 e. The first-order valence-electron chi connectivity index (χ1n) is 5.02. The van der Waals surface area contributed by atoms with Crippen LogP contribution >= 0.6 is 23.2 Å². The van der Waals surface area contributed by atoms with Crippen LogP contribution < -0.4 is 0 Å². The Bertz CT molecular complexity index is 475. The quantitative estimate of drug-likeness (QED) is 0.655. The number of benzene rings is 2. The van der Waals surface area contributed by atoms with E-state index in [2.05, 4.69) is 25.1 Å². The molecular formula is C13H12Cl2. The molecular weight excluding hydrogens is 227 g/mol. The third-order valence-electron chi connectivity index (χ3n) is 2.67. The summed E-state index contributed by atoms with van der Waals surface area (Å²) in [6.45, 7) is 2.13. The maximum atomic E-state index is 5.95. The van der Waals surface area contributed by atoms with Crippen LogP contribution in [0.2, 0.25) is 0 Å². The number of aryl methyl sites for hydroxylation is 1. The molecule has 0 bridgehead atoms. The first-order valence-corrected chi connectivity index (χ1v) is 5.90. The lowest BCUT2D eigenvalue weighted by Crippen LogP contribution is -1.93. The number of rotatable bonds is 2. The van der Waals surface area contributed by atoms with E-state index in [4.69, 9.17) is 23.2 Å². The predicted octanol–water partition coefficient (Wildman–Crippen LogP) is 4.88. The summed E-state index contributed by atoms with van der Waals surface area (Å²) < 4.78 is 0. The van der Waals surface area contributed by atoms with E-state index in [0.29, 0.717) is 0 Å². The molecule has 0 atom stereocenters. The van der Waals surface area contributed by atoms with Crippen molar-refractivity contribution in [3.05, 3.63) is 47.5 Å². The van der Waals surface area contributed by atoms with E-state index in [-0.39, 0.29) is 0 Å². The lowest BCUT2D eigenvalue weighted by atomic mass is 9.98. The zero-order valence-corrected chi connectivity index (χ0v) is 10.0. The second kappa shape index (κ2) is 4.42. The summed E-state index contributed by atoms with van der Waals surface area (Å²) in [5, 5.41) is 2.50. The second-order valence-electron chi connectivity index (χ2n) is 3.51. The zero-order chi connectivity index (χ0) is 10.8. The molecule has 0 nitrogen and oxygen atoms in total. The van der Waals surface area contributed by atoms with Crippen molar-refractivity contribution in [2.45, 2.75) is 18.2 Å². The highest BCUT2D eigenvalue weighted by Gasteiger charge is 2.10. The molecule has 0 aliphatic rings. The van der Waals surface area contributed by atoms with Crippen LogP contribution in [0.15, 0.2) is 36.4 Å². The van der Waals surface area contributed by atoms with E-state index >= 15 is 0 Å². The van der Waals surface area contributed by atoms with Crippen molar-refractivity contribution in [3.63, 3.8) is 0 Å². The molecule has 78 valence electrons. The Hall–Kier alpha value is -0.720. The van der Waals surface area contributed by atoms with E-state index in [9.17, 15) is 0 Å². The average Bonchev–Trinajstić information content (AvgIpc) is 2.27. The Morgan fingerprint density at radius 2 is 1.80 bits per heavy atom. The van der Waals surface area contributed by atoms with Crippen molar-refractivity contribution in [1.82, 2.24) is 0 Å². The smallest absolute Gasteiger partial charge is 0.100 e. The maximum absolute atomic E-state index is 5.95. The summed E-state index contributed by atoms with van der Waals surface area (Å²) in [5.41, 5.74) is 2.28. The van der Waals surface area contributed by atoms with Gasteiger partial charge < -0.3 is 0 Å². The van der Waals surface area contributed by atoms with Gasteiger partial charge in [0.2, 0.25) is 0 Å². The monoisotopic (exact) mass is 238 g/mol. The Morgan fingerprint density at radius 1 is 1.07 bits per heavy atom. The predicted molar refractivity (Wildman–Crippen MR) is 67.8 cm³/mol. The summed E-state index contributed by atoms with van der Waals surface area (Å²) in [7, 11) is 0. The van der Waals surface area contributed by atoms with Gasteiger partial charge in [-0.1, -0.05) is 43.3 Å². The normalized spacial score (nSPS) is 11.2. The van der Waals surface area contributed by atoms with Gasteiger partial charge in [-0.3, -0.25) is 0 Å². The molecule has 0 saturated heterocycles. The molecule has 0 N–H and O–H groups in total. The number of hydrogen-bond acceptors (Lipinski definition) is 0. The molecule has 0 aromatic heterocycles. The summed E-state index contributed by atoms with van der Waals surface area (Å²) >= 11 is 11.9. The van der Waals surface area contributed by atoms with Crippen LogP contribution in [-0.4, -0.2) is 0 Å². The molecule has 2 aromatic rings. The highest BCUT2D eigenvalue weighted by Crippen LogP contribution is 2.32.